The molecule has 0 N–H and O–H groups in total. The van der Waals surface area contributed by atoms with Gasteiger partial charge in [-0.2, -0.15) is 0 Å². The summed E-state index contributed by atoms with van der Waals surface area (Å²) < 4.78 is 16.6. The van der Waals surface area contributed by atoms with Crippen LogP contribution in [-0.2, 0) is 4.79 Å². The van der Waals surface area contributed by atoms with Crippen LogP contribution in [0.2, 0.25) is 5.02 Å². The average molecular weight is 390 g/mol. The van der Waals surface area contributed by atoms with Gasteiger partial charge in [-0.1, -0.05) is 11.6 Å². The lowest BCUT2D eigenvalue weighted by molar-refractivity contribution is -0.134. The predicted octanol–water partition coefficient (Wildman–Crippen LogP) is 4.41. The Hall–Kier alpha value is -2.40. The molecule has 1 atom stereocenters. The van der Waals surface area contributed by atoms with Crippen LogP contribution < -0.4 is 14.2 Å². The lowest BCUT2D eigenvalue weighted by Gasteiger charge is -2.26. The van der Waals surface area contributed by atoms with Gasteiger partial charge in [0, 0.05) is 17.1 Å². The van der Waals surface area contributed by atoms with Crippen LogP contribution in [0.3, 0.4) is 0 Å². The topological polar surface area (TPSA) is 48.0 Å². The lowest BCUT2D eigenvalue weighted by atomic mass is 10.0. The normalized spacial score (nSPS) is 16.3. The first-order valence-corrected chi connectivity index (χ1v) is 9.31. The number of amides is 1. The monoisotopic (exact) mass is 389 g/mol. The number of carbonyl (C=O) groups excluding carboxylic acids is 1. The van der Waals surface area contributed by atoms with E-state index in [0.717, 1.165) is 35.5 Å². The number of hydrogen-bond acceptors (Lipinski definition) is 4. The van der Waals surface area contributed by atoms with Gasteiger partial charge >= 0.3 is 0 Å². The second-order valence-corrected chi connectivity index (χ2v) is 6.99. The van der Waals surface area contributed by atoms with Crippen LogP contribution in [0.1, 0.15) is 30.0 Å². The maximum Gasteiger partial charge on any atom is 0.261 e. The number of methoxy groups -OCH3 is 2. The summed E-state index contributed by atoms with van der Waals surface area (Å²) in [4.78, 5) is 14.7. The van der Waals surface area contributed by atoms with Gasteiger partial charge in [-0.25, -0.2) is 0 Å². The van der Waals surface area contributed by atoms with Crippen molar-refractivity contribution in [3.8, 4) is 17.2 Å². The molecule has 0 bridgehead atoms. The maximum absolute atomic E-state index is 12.8. The molecule has 1 aliphatic rings. The molecule has 3 rings (SSSR count). The number of nitrogens with zero attached hydrogens (tertiary/aromatic N) is 1. The van der Waals surface area contributed by atoms with Crippen LogP contribution in [0.25, 0.3) is 0 Å². The zero-order chi connectivity index (χ0) is 19.4. The van der Waals surface area contributed by atoms with Crippen LogP contribution >= 0.6 is 11.6 Å². The molecular weight excluding hydrogens is 366 g/mol. The Balaban J connectivity index is 1.75. The Labute approximate surface area is 164 Å². The van der Waals surface area contributed by atoms with Crippen molar-refractivity contribution < 1.29 is 19.0 Å². The van der Waals surface area contributed by atoms with Crippen LogP contribution in [0.4, 0.5) is 0 Å². The molecule has 0 radical (unpaired) electrons. The van der Waals surface area contributed by atoms with Crippen LogP contribution in [0.5, 0.6) is 17.2 Å². The largest absolute Gasteiger partial charge is 0.497 e. The fourth-order valence-electron chi connectivity index (χ4n) is 3.49. The van der Waals surface area contributed by atoms with Crippen LogP contribution in [0.15, 0.2) is 36.4 Å². The van der Waals surface area contributed by atoms with Crippen LogP contribution in [-0.4, -0.2) is 38.2 Å². The van der Waals surface area contributed by atoms with Crippen molar-refractivity contribution >= 4 is 17.5 Å². The molecule has 0 aromatic heterocycles. The molecule has 0 spiro atoms. The first-order valence-electron chi connectivity index (χ1n) is 8.94. The van der Waals surface area contributed by atoms with Gasteiger partial charge in [0.2, 0.25) is 0 Å². The van der Waals surface area contributed by atoms with Crippen molar-refractivity contribution in [1.82, 2.24) is 4.90 Å². The Morgan fingerprint density at radius 1 is 1.15 bits per heavy atom. The second kappa shape index (κ2) is 8.53. The van der Waals surface area contributed by atoms with Gasteiger partial charge in [0.1, 0.15) is 17.2 Å². The highest BCUT2D eigenvalue weighted by Crippen LogP contribution is 2.39. The number of halogens is 1. The van der Waals surface area contributed by atoms with Gasteiger partial charge in [-0.05, 0) is 61.7 Å². The van der Waals surface area contributed by atoms with Crippen LogP contribution in [0, 0.1) is 6.92 Å². The van der Waals surface area contributed by atoms with E-state index in [1.54, 1.807) is 26.4 Å². The molecule has 144 valence electrons. The molecule has 1 heterocycles. The van der Waals surface area contributed by atoms with Gasteiger partial charge in [0.05, 0.1) is 20.3 Å². The van der Waals surface area contributed by atoms with Gasteiger partial charge in [0.25, 0.3) is 5.91 Å². The zero-order valence-electron chi connectivity index (χ0n) is 15.8. The summed E-state index contributed by atoms with van der Waals surface area (Å²) in [7, 11) is 3.27. The standard InChI is InChI=1S/C21H24ClNO4/c1-14-11-15(22)6-8-19(14)27-13-21(24)23-10-4-5-18(23)17-12-16(25-2)7-9-20(17)26-3/h6-9,11-12,18H,4-5,10,13H2,1-3H3/t18-/m0/s1. The van der Waals surface area contributed by atoms with Gasteiger partial charge in [-0.3, -0.25) is 4.79 Å². The Bertz CT molecular complexity index is 824. The van der Waals surface area contributed by atoms with E-state index in [-0.39, 0.29) is 18.6 Å². The van der Waals surface area contributed by atoms with Crippen molar-refractivity contribution in [2.75, 3.05) is 27.4 Å². The molecule has 0 aliphatic carbocycles. The van der Waals surface area contributed by atoms with E-state index >= 15 is 0 Å². The number of likely N-dealkylation sites (tertiary alicyclic amines) is 1. The number of carbonyl (C=O) groups is 1. The summed E-state index contributed by atoms with van der Waals surface area (Å²) in [5.41, 5.74) is 1.87. The number of ether oxygens (including phenoxy) is 3. The number of rotatable bonds is 6. The first kappa shape index (κ1) is 19.4. The molecule has 0 saturated carbocycles. The van der Waals surface area contributed by atoms with E-state index in [1.165, 1.54) is 0 Å². The molecule has 27 heavy (non-hydrogen) atoms. The average Bonchev–Trinajstić information content (AvgIpc) is 3.16. The Morgan fingerprint density at radius 3 is 2.63 bits per heavy atom. The fourth-order valence-corrected chi connectivity index (χ4v) is 3.71. The maximum atomic E-state index is 12.8. The molecule has 2 aromatic carbocycles. The third-order valence-corrected chi connectivity index (χ3v) is 5.09. The van der Waals surface area contributed by atoms with E-state index in [9.17, 15) is 4.79 Å². The van der Waals surface area contributed by atoms with E-state index in [2.05, 4.69) is 0 Å². The molecule has 0 unspecified atom stereocenters. The molecule has 6 heteroatoms. The summed E-state index contributed by atoms with van der Waals surface area (Å²) in [5, 5.41) is 0.649. The molecule has 1 amide bonds. The molecule has 1 fully saturated rings. The van der Waals surface area contributed by atoms with E-state index in [1.807, 2.05) is 36.1 Å². The fraction of sp³-hybridized carbons (Fsp3) is 0.381. The smallest absolute Gasteiger partial charge is 0.261 e. The molecule has 2 aromatic rings. The highest BCUT2D eigenvalue weighted by Gasteiger charge is 2.32. The minimum Gasteiger partial charge on any atom is -0.497 e. The van der Waals surface area contributed by atoms with Crippen molar-refractivity contribution in [3.63, 3.8) is 0 Å². The summed E-state index contributed by atoms with van der Waals surface area (Å²) >= 11 is 5.97. The zero-order valence-corrected chi connectivity index (χ0v) is 16.6. The summed E-state index contributed by atoms with van der Waals surface area (Å²) in [6.45, 7) is 2.60. The van der Waals surface area contributed by atoms with E-state index in [4.69, 9.17) is 25.8 Å². The first-order chi connectivity index (χ1) is 13.0. The van der Waals surface area contributed by atoms with E-state index < -0.39 is 0 Å². The van der Waals surface area contributed by atoms with Crippen molar-refractivity contribution in [3.05, 3.63) is 52.5 Å². The quantitative estimate of drug-likeness (QED) is 0.734. The van der Waals surface area contributed by atoms with Crippen molar-refractivity contribution in [1.29, 1.82) is 0 Å². The SMILES string of the molecule is COc1ccc(OC)c([C@@H]2CCCN2C(=O)COc2ccc(Cl)cc2C)c1. The summed E-state index contributed by atoms with van der Waals surface area (Å²) in [6.07, 6.45) is 1.83. The minimum atomic E-state index is -0.0447. The third kappa shape index (κ3) is 4.30. The van der Waals surface area contributed by atoms with Gasteiger partial charge < -0.3 is 19.1 Å². The van der Waals surface area contributed by atoms with Crippen molar-refractivity contribution in [2.24, 2.45) is 0 Å². The molecular formula is C21H24ClNO4. The third-order valence-electron chi connectivity index (χ3n) is 4.86. The Kier molecular flexibility index (Phi) is 6.11. The Morgan fingerprint density at radius 2 is 1.93 bits per heavy atom. The number of hydrogen-bond donors (Lipinski definition) is 0. The highest BCUT2D eigenvalue weighted by molar-refractivity contribution is 6.30. The lowest BCUT2D eigenvalue weighted by Crippen LogP contribution is -2.34. The minimum absolute atomic E-state index is 0.00867. The van der Waals surface area contributed by atoms with Gasteiger partial charge in [0.15, 0.2) is 6.61 Å². The molecule has 5 nitrogen and oxygen atoms in total. The molecule has 1 aliphatic heterocycles. The predicted molar refractivity (Wildman–Crippen MR) is 105 cm³/mol. The van der Waals surface area contributed by atoms with Crippen molar-refractivity contribution in [2.45, 2.75) is 25.8 Å². The highest BCUT2D eigenvalue weighted by atomic mass is 35.5. The number of benzene rings is 2. The van der Waals surface area contributed by atoms with Gasteiger partial charge in [-0.15, -0.1) is 0 Å². The molecule has 1 saturated heterocycles. The summed E-state index contributed by atoms with van der Waals surface area (Å²) in [6, 6.07) is 11.0. The second-order valence-electron chi connectivity index (χ2n) is 6.55. The summed E-state index contributed by atoms with van der Waals surface area (Å²) in [5.74, 6) is 2.13. The number of aryl methyl sites for hydroxylation is 1. The van der Waals surface area contributed by atoms with E-state index in [0.29, 0.717) is 17.3 Å².